The molecule has 0 bridgehead atoms. The minimum absolute atomic E-state index is 0. The number of fused-ring (bicyclic) bond motifs is 4. The number of nitrogens with zero attached hydrogens (tertiary/aromatic N) is 2. The first-order valence-electron chi connectivity index (χ1n) is 15.3. The van der Waals surface area contributed by atoms with Crippen LogP contribution in [0.15, 0.2) is 134 Å². The van der Waals surface area contributed by atoms with Crippen LogP contribution in [0, 0.1) is 17.9 Å². The Hall–Kier alpha value is -4.32. The molecule has 0 saturated carbocycles. The van der Waals surface area contributed by atoms with Crippen LogP contribution in [0.25, 0.3) is 64.6 Å². The molecule has 0 amide bonds. The van der Waals surface area contributed by atoms with Crippen LogP contribution in [0.3, 0.4) is 0 Å². The monoisotopic (exact) mass is 823 g/mol. The molecule has 0 aliphatic heterocycles. The van der Waals surface area contributed by atoms with Gasteiger partial charge in [-0.05, 0) is 60.7 Å². The second-order valence-electron chi connectivity index (χ2n) is 12.3. The summed E-state index contributed by atoms with van der Waals surface area (Å²) in [5.41, 5.74) is 5.83. The molecule has 3 aromatic heterocycles. The zero-order valence-electron chi connectivity index (χ0n) is 26.2. The Bertz CT molecular complexity index is 2300. The van der Waals surface area contributed by atoms with Crippen molar-refractivity contribution in [2.45, 2.75) is 19.6 Å². The van der Waals surface area contributed by atoms with Crippen molar-refractivity contribution in [3.63, 3.8) is 0 Å². The fourth-order valence-electron chi connectivity index (χ4n) is 5.58. The molecule has 0 aliphatic carbocycles. The Morgan fingerprint density at radius 3 is 2.15 bits per heavy atom. The van der Waals surface area contributed by atoms with Gasteiger partial charge in [0.15, 0.2) is 0 Å². The minimum atomic E-state index is -1.23. The quantitative estimate of drug-likeness (QED) is 0.131. The molecule has 6 heteroatoms. The number of hydrogen-bond donors (Lipinski definition) is 0. The number of benzene rings is 5. The molecular weight excluding hydrogens is 792 g/mol. The van der Waals surface area contributed by atoms with E-state index < -0.39 is 8.07 Å². The summed E-state index contributed by atoms with van der Waals surface area (Å²) in [6.45, 7) is 7.00. The molecule has 0 spiro atoms. The van der Waals surface area contributed by atoms with Crippen LogP contribution in [-0.2, 0) is 20.1 Å². The number of aromatic nitrogens is 2. The largest absolute Gasteiger partial charge is 0.305 e. The predicted octanol–water partition coefficient (Wildman–Crippen LogP) is 11.0. The van der Waals surface area contributed by atoms with Crippen LogP contribution in [0.1, 0.15) is 0 Å². The van der Waals surface area contributed by atoms with E-state index in [0.717, 1.165) is 64.6 Å². The smallest absolute Gasteiger partial charge is 0.125 e. The fraction of sp³-hybridized carbons (Fsp3) is 0.0732. The first-order chi connectivity index (χ1) is 22.3. The van der Waals surface area contributed by atoms with Gasteiger partial charge >= 0.3 is 0 Å². The summed E-state index contributed by atoms with van der Waals surface area (Å²) in [7, 11) is -1.23. The molecule has 5 aromatic carbocycles. The molecule has 8 aromatic rings. The molecule has 8 rings (SSSR count). The van der Waals surface area contributed by atoms with Gasteiger partial charge in [-0.3, -0.25) is 0 Å². The Morgan fingerprint density at radius 1 is 0.681 bits per heavy atom. The predicted molar refractivity (Wildman–Crippen MR) is 196 cm³/mol. The summed E-state index contributed by atoms with van der Waals surface area (Å²) in [6, 6.07) is 46.7. The molecule has 1 radical (unpaired) electrons. The van der Waals surface area contributed by atoms with E-state index in [-0.39, 0.29) is 25.9 Å². The number of hydrogen-bond acceptors (Lipinski definition) is 3. The zero-order chi connectivity index (χ0) is 31.7. The summed E-state index contributed by atoms with van der Waals surface area (Å²) < 4.78 is 16.3. The minimum Gasteiger partial charge on any atom is -0.305 e. The van der Waals surface area contributed by atoms with Crippen LogP contribution in [0.2, 0.25) is 19.6 Å². The summed E-state index contributed by atoms with van der Waals surface area (Å²) in [4.78, 5) is 9.15. The van der Waals surface area contributed by atoms with Gasteiger partial charge in [-0.2, -0.15) is 11.3 Å². The van der Waals surface area contributed by atoms with E-state index in [9.17, 15) is 4.39 Å². The topological polar surface area (TPSA) is 25.8 Å². The summed E-state index contributed by atoms with van der Waals surface area (Å²) in [6.07, 6.45) is 3.92. The van der Waals surface area contributed by atoms with Gasteiger partial charge in [-0.15, -0.1) is 59.7 Å². The Balaban J connectivity index is 0.000000194. The van der Waals surface area contributed by atoms with E-state index >= 15 is 0 Å². The van der Waals surface area contributed by atoms with E-state index in [1.54, 1.807) is 23.5 Å². The molecule has 2 nitrogen and oxygen atoms in total. The van der Waals surface area contributed by atoms with E-state index in [0.29, 0.717) is 0 Å². The molecule has 0 aliphatic rings. The second kappa shape index (κ2) is 13.8. The van der Waals surface area contributed by atoms with Crippen molar-refractivity contribution in [3.05, 3.63) is 152 Å². The molecule has 0 N–H and O–H groups in total. The van der Waals surface area contributed by atoms with Gasteiger partial charge < -0.3 is 9.97 Å². The van der Waals surface area contributed by atoms with E-state index in [1.165, 1.54) is 5.19 Å². The Labute approximate surface area is 293 Å². The van der Waals surface area contributed by atoms with E-state index in [1.807, 2.05) is 79.1 Å². The maximum Gasteiger partial charge on any atom is 0.125 e. The van der Waals surface area contributed by atoms with Crippen LogP contribution >= 0.6 is 11.3 Å². The van der Waals surface area contributed by atoms with Crippen molar-refractivity contribution >= 4 is 55.5 Å². The maximum absolute atomic E-state index is 14.4. The third kappa shape index (κ3) is 7.02. The number of pyridine rings is 2. The summed E-state index contributed by atoms with van der Waals surface area (Å²) >= 11 is 1.57. The average molecular weight is 823 g/mol. The van der Waals surface area contributed by atoms with E-state index in [2.05, 4.69) is 84.2 Å². The average Bonchev–Trinajstić information content (AvgIpc) is 3.46. The van der Waals surface area contributed by atoms with Gasteiger partial charge in [0, 0.05) is 37.2 Å². The van der Waals surface area contributed by atoms with Crippen molar-refractivity contribution in [3.8, 4) is 33.6 Å². The number of halogens is 1. The zero-order valence-corrected chi connectivity index (χ0v) is 30.4. The molecule has 47 heavy (non-hydrogen) atoms. The molecular formula is C41H31FIrN2SSi-2. The molecule has 0 fully saturated rings. The van der Waals surface area contributed by atoms with Gasteiger partial charge in [0.25, 0.3) is 0 Å². The SMILES string of the molecule is C[Si](C)(C)c1ccc(-c2[c-]cccc2)nc1.Fc1cc(-c2ccccc2)c2c(c1)sc1[c-]c(-c3cc4ccccc4cn3)ccc12.[Ir]. The van der Waals surface area contributed by atoms with Crippen molar-refractivity contribution in [1.82, 2.24) is 9.97 Å². The first-order valence-corrected chi connectivity index (χ1v) is 19.6. The third-order valence-electron chi connectivity index (χ3n) is 8.06. The van der Waals surface area contributed by atoms with Gasteiger partial charge in [-0.25, -0.2) is 4.39 Å². The standard InChI is InChI=1S/C27H15FNS.C14H16NSi.Ir/c28-21-14-23(17-6-2-1-3-7-17)27-22-11-10-19(13-25(22)30-26(27)15-21)24-12-18-8-4-5-9-20(18)16-29-24;1-16(2,3)13-9-10-14(15-11-13)12-7-5-4-6-8-12;/h1-12,14-16H;4-7,9-11H,1-3H3;/q2*-1;. The van der Waals surface area contributed by atoms with Crippen molar-refractivity contribution < 1.29 is 24.5 Å². The van der Waals surface area contributed by atoms with Gasteiger partial charge in [-0.1, -0.05) is 97.8 Å². The normalized spacial score (nSPS) is 11.2. The maximum atomic E-state index is 14.4. The van der Waals surface area contributed by atoms with Crippen molar-refractivity contribution in [2.75, 3.05) is 0 Å². The van der Waals surface area contributed by atoms with Gasteiger partial charge in [0.1, 0.15) is 5.82 Å². The molecule has 0 atom stereocenters. The Kier molecular flexibility index (Phi) is 9.58. The van der Waals surface area contributed by atoms with Crippen molar-refractivity contribution in [1.29, 1.82) is 0 Å². The molecule has 0 unspecified atom stereocenters. The third-order valence-corrected chi connectivity index (χ3v) is 11.2. The Morgan fingerprint density at radius 2 is 1.43 bits per heavy atom. The number of thiophene rings is 1. The molecule has 0 saturated heterocycles. The summed E-state index contributed by atoms with van der Waals surface area (Å²) in [5.74, 6) is -0.218. The van der Waals surface area contributed by atoms with Crippen LogP contribution in [0.4, 0.5) is 4.39 Å². The van der Waals surface area contributed by atoms with Crippen LogP contribution < -0.4 is 5.19 Å². The fourth-order valence-corrected chi connectivity index (χ4v) is 7.77. The van der Waals surface area contributed by atoms with E-state index in [4.69, 9.17) is 0 Å². The summed E-state index contributed by atoms with van der Waals surface area (Å²) in [5, 5.41) is 5.84. The van der Waals surface area contributed by atoms with Crippen LogP contribution in [0.5, 0.6) is 0 Å². The molecule has 3 heterocycles. The second-order valence-corrected chi connectivity index (χ2v) is 18.4. The number of rotatable bonds is 4. The van der Waals surface area contributed by atoms with Gasteiger partial charge in [0.2, 0.25) is 0 Å². The first kappa shape index (κ1) is 32.6. The van der Waals surface area contributed by atoms with Gasteiger partial charge in [0.05, 0.1) is 8.07 Å². The van der Waals surface area contributed by atoms with Crippen molar-refractivity contribution in [2.24, 2.45) is 0 Å². The molecule has 233 valence electrons. The van der Waals surface area contributed by atoms with Crippen LogP contribution in [-0.4, -0.2) is 18.0 Å².